The summed E-state index contributed by atoms with van der Waals surface area (Å²) in [4.78, 5) is 4.42. The number of rotatable bonds is 9. The molecule has 1 unspecified atom stereocenters. The van der Waals surface area contributed by atoms with E-state index in [4.69, 9.17) is 10.5 Å². The van der Waals surface area contributed by atoms with Gasteiger partial charge in [0.15, 0.2) is 0 Å². The Morgan fingerprint density at radius 2 is 2.41 bits per heavy atom. The van der Waals surface area contributed by atoms with Crippen molar-refractivity contribution in [3.63, 3.8) is 0 Å². The second kappa shape index (κ2) is 8.58. The van der Waals surface area contributed by atoms with Crippen molar-refractivity contribution in [3.8, 4) is 0 Å². The standard InChI is InChI=1S/C12H23N3OS/c1-10-9-17-12(15-10)5-6-14-8-11(13)4-3-7-16-2/h9,11,14H,3-8,13H2,1-2H3. The second-order valence-corrected chi connectivity index (χ2v) is 5.17. The number of hydrogen-bond acceptors (Lipinski definition) is 5. The molecule has 0 aliphatic rings. The summed E-state index contributed by atoms with van der Waals surface area (Å²) in [6, 6.07) is 0.225. The van der Waals surface area contributed by atoms with Gasteiger partial charge in [0.25, 0.3) is 0 Å². The van der Waals surface area contributed by atoms with E-state index < -0.39 is 0 Å². The molecular formula is C12H23N3OS. The summed E-state index contributed by atoms with van der Waals surface area (Å²) < 4.78 is 5.00. The van der Waals surface area contributed by atoms with Crippen LogP contribution in [0.4, 0.5) is 0 Å². The molecular weight excluding hydrogens is 234 g/mol. The molecule has 0 aliphatic carbocycles. The number of hydrogen-bond donors (Lipinski definition) is 2. The quantitative estimate of drug-likeness (QED) is 0.655. The first kappa shape index (κ1) is 14.6. The minimum atomic E-state index is 0.225. The van der Waals surface area contributed by atoms with Crippen LogP contribution in [0.3, 0.4) is 0 Å². The number of ether oxygens (including phenoxy) is 1. The number of nitrogens with one attached hydrogen (secondary N) is 1. The summed E-state index contributed by atoms with van der Waals surface area (Å²) in [5, 5.41) is 6.66. The molecule has 1 rings (SSSR count). The Balaban J connectivity index is 2.00. The number of aromatic nitrogens is 1. The van der Waals surface area contributed by atoms with Gasteiger partial charge in [-0.2, -0.15) is 0 Å². The van der Waals surface area contributed by atoms with Gasteiger partial charge < -0.3 is 15.8 Å². The fourth-order valence-corrected chi connectivity index (χ4v) is 2.37. The average molecular weight is 257 g/mol. The fourth-order valence-electron chi connectivity index (χ4n) is 1.59. The van der Waals surface area contributed by atoms with Crippen LogP contribution in [0.1, 0.15) is 23.5 Å². The summed E-state index contributed by atoms with van der Waals surface area (Å²) in [7, 11) is 1.72. The number of thiazole rings is 1. The summed E-state index contributed by atoms with van der Waals surface area (Å²) in [6.07, 6.45) is 3.03. The molecule has 1 aromatic rings. The van der Waals surface area contributed by atoms with Crippen LogP contribution in [-0.2, 0) is 11.2 Å². The van der Waals surface area contributed by atoms with Crippen LogP contribution in [0.25, 0.3) is 0 Å². The minimum absolute atomic E-state index is 0.225. The molecule has 1 aromatic heterocycles. The highest BCUT2D eigenvalue weighted by Gasteiger charge is 2.02. The van der Waals surface area contributed by atoms with Gasteiger partial charge in [0, 0.05) is 50.3 Å². The third-order valence-corrected chi connectivity index (χ3v) is 3.54. The maximum atomic E-state index is 5.97. The Hall–Kier alpha value is -0.490. The van der Waals surface area contributed by atoms with E-state index in [1.807, 2.05) is 6.92 Å². The zero-order valence-electron chi connectivity index (χ0n) is 10.7. The molecule has 4 nitrogen and oxygen atoms in total. The van der Waals surface area contributed by atoms with Crippen molar-refractivity contribution in [1.82, 2.24) is 10.3 Å². The van der Waals surface area contributed by atoms with Gasteiger partial charge >= 0.3 is 0 Å². The normalized spacial score (nSPS) is 12.9. The van der Waals surface area contributed by atoms with Crippen molar-refractivity contribution in [2.45, 2.75) is 32.2 Å². The fraction of sp³-hybridized carbons (Fsp3) is 0.750. The number of methoxy groups -OCH3 is 1. The minimum Gasteiger partial charge on any atom is -0.385 e. The van der Waals surface area contributed by atoms with Crippen LogP contribution in [-0.4, -0.2) is 37.8 Å². The molecule has 0 radical (unpaired) electrons. The van der Waals surface area contributed by atoms with Crippen molar-refractivity contribution in [1.29, 1.82) is 0 Å². The summed E-state index contributed by atoms with van der Waals surface area (Å²) in [5.41, 5.74) is 7.08. The molecule has 0 saturated carbocycles. The maximum Gasteiger partial charge on any atom is 0.0940 e. The second-order valence-electron chi connectivity index (χ2n) is 4.23. The first-order valence-corrected chi connectivity index (χ1v) is 6.96. The predicted octanol–water partition coefficient (Wildman–Crippen LogP) is 1.34. The van der Waals surface area contributed by atoms with Crippen LogP contribution >= 0.6 is 11.3 Å². The number of aryl methyl sites for hydroxylation is 1. The molecule has 0 fully saturated rings. The van der Waals surface area contributed by atoms with Crippen LogP contribution in [0.15, 0.2) is 5.38 Å². The lowest BCUT2D eigenvalue weighted by atomic mass is 10.2. The Bertz CT molecular complexity index is 304. The topological polar surface area (TPSA) is 60.2 Å². The monoisotopic (exact) mass is 257 g/mol. The van der Waals surface area contributed by atoms with Crippen LogP contribution < -0.4 is 11.1 Å². The zero-order chi connectivity index (χ0) is 12.5. The highest BCUT2D eigenvalue weighted by atomic mass is 32.1. The SMILES string of the molecule is COCCCC(N)CNCCc1nc(C)cs1. The van der Waals surface area contributed by atoms with Crippen molar-refractivity contribution < 1.29 is 4.74 Å². The molecule has 98 valence electrons. The van der Waals surface area contributed by atoms with Gasteiger partial charge in [0.2, 0.25) is 0 Å². The molecule has 5 heteroatoms. The van der Waals surface area contributed by atoms with Crippen LogP contribution in [0, 0.1) is 6.92 Å². The molecule has 3 N–H and O–H groups in total. The summed E-state index contributed by atoms with van der Waals surface area (Å²) >= 11 is 1.73. The van der Waals surface area contributed by atoms with E-state index in [0.717, 1.165) is 44.7 Å². The summed E-state index contributed by atoms with van der Waals surface area (Å²) in [6.45, 7) is 4.64. The third-order valence-electron chi connectivity index (χ3n) is 2.51. The maximum absolute atomic E-state index is 5.97. The lowest BCUT2D eigenvalue weighted by Gasteiger charge is -2.11. The van der Waals surface area contributed by atoms with Crippen LogP contribution in [0.2, 0.25) is 0 Å². The Morgan fingerprint density at radius 3 is 3.06 bits per heavy atom. The van der Waals surface area contributed by atoms with E-state index in [-0.39, 0.29) is 6.04 Å². The van der Waals surface area contributed by atoms with Gasteiger partial charge in [-0.25, -0.2) is 4.98 Å². The lowest BCUT2D eigenvalue weighted by Crippen LogP contribution is -2.34. The smallest absolute Gasteiger partial charge is 0.0940 e. The van der Waals surface area contributed by atoms with E-state index >= 15 is 0 Å². The highest BCUT2D eigenvalue weighted by molar-refractivity contribution is 7.09. The molecule has 1 atom stereocenters. The first-order chi connectivity index (χ1) is 8.22. The number of nitrogens with two attached hydrogens (primary N) is 1. The van der Waals surface area contributed by atoms with E-state index in [0.29, 0.717) is 0 Å². The molecule has 0 bridgehead atoms. The average Bonchev–Trinajstić information content (AvgIpc) is 2.71. The zero-order valence-corrected chi connectivity index (χ0v) is 11.6. The molecule has 0 aliphatic heterocycles. The molecule has 17 heavy (non-hydrogen) atoms. The van der Waals surface area contributed by atoms with Crippen molar-refractivity contribution in [3.05, 3.63) is 16.1 Å². The van der Waals surface area contributed by atoms with Gasteiger partial charge in [-0.1, -0.05) is 0 Å². The Morgan fingerprint density at radius 1 is 1.59 bits per heavy atom. The molecule has 0 saturated heterocycles. The van der Waals surface area contributed by atoms with Gasteiger partial charge in [-0.3, -0.25) is 0 Å². The first-order valence-electron chi connectivity index (χ1n) is 6.08. The van der Waals surface area contributed by atoms with Gasteiger partial charge in [0.05, 0.1) is 5.01 Å². The molecule has 0 spiro atoms. The van der Waals surface area contributed by atoms with E-state index in [9.17, 15) is 0 Å². The van der Waals surface area contributed by atoms with Crippen molar-refractivity contribution >= 4 is 11.3 Å². The third kappa shape index (κ3) is 6.73. The van der Waals surface area contributed by atoms with E-state index in [1.165, 1.54) is 5.01 Å². The van der Waals surface area contributed by atoms with Crippen molar-refractivity contribution in [2.24, 2.45) is 5.73 Å². The Kier molecular flexibility index (Phi) is 7.35. The number of nitrogens with zero attached hydrogens (tertiary/aromatic N) is 1. The lowest BCUT2D eigenvalue weighted by molar-refractivity contribution is 0.190. The van der Waals surface area contributed by atoms with E-state index in [2.05, 4.69) is 15.7 Å². The van der Waals surface area contributed by atoms with Crippen LogP contribution in [0.5, 0.6) is 0 Å². The van der Waals surface area contributed by atoms with Gasteiger partial charge in [-0.05, 0) is 19.8 Å². The summed E-state index contributed by atoms with van der Waals surface area (Å²) in [5.74, 6) is 0. The predicted molar refractivity (Wildman–Crippen MR) is 72.5 cm³/mol. The molecule has 1 heterocycles. The van der Waals surface area contributed by atoms with E-state index in [1.54, 1.807) is 18.4 Å². The molecule has 0 aromatic carbocycles. The molecule has 0 amide bonds. The van der Waals surface area contributed by atoms with Gasteiger partial charge in [0.1, 0.15) is 0 Å². The van der Waals surface area contributed by atoms with Gasteiger partial charge in [-0.15, -0.1) is 11.3 Å². The largest absolute Gasteiger partial charge is 0.385 e. The highest BCUT2D eigenvalue weighted by Crippen LogP contribution is 2.08. The van der Waals surface area contributed by atoms with Crippen molar-refractivity contribution in [2.75, 3.05) is 26.8 Å². The Labute approximate surface area is 108 Å².